The van der Waals surface area contributed by atoms with Crippen LogP contribution in [0.2, 0.25) is 0 Å². The number of hydrogen-bond acceptors (Lipinski definition) is 2. The summed E-state index contributed by atoms with van der Waals surface area (Å²) in [7, 11) is 0. The molecule has 4 nitrogen and oxygen atoms in total. The first kappa shape index (κ1) is 9.87. The molecule has 1 aliphatic heterocycles. The number of nitrogens with zero attached hydrogens (tertiary/aromatic N) is 4. The van der Waals surface area contributed by atoms with Gasteiger partial charge in [-0.2, -0.15) is 0 Å². The highest BCUT2D eigenvalue weighted by atomic mass is 15.2. The van der Waals surface area contributed by atoms with E-state index in [1.54, 1.807) is 0 Å². The van der Waals surface area contributed by atoms with Crippen molar-refractivity contribution in [1.29, 1.82) is 0 Å². The zero-order valence-electron chi connectivity index (χ0n) is 8.80. The lowest BCUT2D eigenvalue weighted by atomic mass is 9.97. The highest BCUT2D eigenvalue weighted by Crippen LogP contribution is 2.35. The molecular formula is C11H14N4. The van der Waals surface area contributed by atoms with Gasteiger partial charge in [-0.15, -0.1) is 0 Å². The van der Waals surface area contributed by atoms with Crippen LogP contribution in [0.4, 0.5) is 5.69 Å². The Morgan fingerprint density at radius 1 is 1.53 bits per heavy atom. The molecule has 1 atom stereocenters. The van der Waals surface area contributed by atoms with E-state index >= 15 is 0 Å². The molecule has 0 aromatic heterocycles. The lowest BCUT2D eigenvalue weighted by molar-refractivity contribution is 0.596. The number of para-hydroxylation sites is 1. The third kappa shape index (κ3) is 1.76. The Morgan fingerprint density at radius 3 is 3.07 bits per heavy atom. The van der Waals surface area contributed by atoms with Crippen LogP contribution >= 0.6 is 0 Å². The van der Waals surface area contributed by atoms with Crippen LogP contribution in [-0.4, -0.2) is 13.1 Å². The lowest BCUT2D eigenvalue weighted by Crippen LogP contribution is -2.30. The summed E-state index contributed by atoms with van der Waals surface area (Å²) < 4.78 is 0. The normalized spacial score (nSPS) is 19.3. The van der Waals surface area contributed by atoms with E-state index in [0.717, 1.165) is 25.1 Å². The van der Waals surface area contributed by atoms with Crippen molar-refractivity contribution in [3.05, 3.63) is 40.3 Å². The van der Waals surface area contributed by atoms with Crippen molar-refractivity contribution < 1.29 is 0 Å². The van der Waals surface area contributed by atoms with Crippen LogP contribution in [0.1, 0.15) is 24.9 Å². The number of benzene rings is 1. The molecule has 1 aliphatic rings. The van der Waals surface area contributed by atoms with Gasteiger partial charge in [0.05, 0.1) is 6.04 Å². The number of anilines is 1. The highest BCUT2D eigenvalue weighted by Gasteiger charge is 2.22. The van der Waals surface area contributed by atoms with E-state index in [2.05, 4.69) is 34.0 Å². The summed E-state index contributed by atoms with van der Waals surface area (Å²) in [6, 6.07) is 8.18. The zero-order chi connectivity index (χ0) is 10.7. The van der Waals surface area contributed by atoms with Crippen LogP contribution in [-0.2, 0) is 0 Å². The van der Waals surface area contributed by atoms with Gasteiger partial charge in [0.2, 0.25) is 0 Å². The molecule has 1 aromatic carbocycles. The minimum Gasteiger partial charge on any atom is -0.372 e. The van der Waals surface area contributed by atoms with Crippen LogP contribution in [0.5, 0.6) is 0 Å². The Labute approximate surface area is 89.1 Å². The summed E-state index contributed by atoms with van der Waals surface area (Å²) in [6.45, 7) is 4.11. The Balaban J connectivity index is 2.43. The third-order valence-electron chi connectivity index (χ3n) is 2.88. The standard InChI is InChI=1S/C11H14N4/c1-2-15-8-7-10(13-14-12)9-5-3-4-6-11(9)15/h3-6,10H,2,7-8H2,1H3. The predicted molar refractivity (Wildman–Crippen MR) is 60.8 cm³/mol. The van der Waals surface area contributed by atoms with Gasteiger partial charge in [-0.25, -0.2) is 0 Å². The van der Waals surface area contributed by atoms with Gasteiger partial charge in [-0.3, -0.25) is 0 Å². The topological polar surface area (TPSA) is 52.0 Å². The summed E-state index contributed by atoms with van der Waals surface area (Å²) in [5.41, 5.74) is 10.9. The fourth-order valence-corrected chi connectivity index (χ4v) is 2.12. The molecule has 0 aliphatic carbocycles. The smallest absolute Gasteiger partial charge is 0.0662 e. The average molecular weight is 202 g/mol. The molecule has 0 saturated heterocycles. The second-order valence-electron chi connectivity index (χ2n) is 3.65. The first-order valence-corrected chi connectivity index (χ1v) is 5.25. The number of fused-ring (bicyclic) bond motifs is 1. The molecule has 1 unspecified atom stereocenters. The molecule has 15 heavy (non-hydrogen) atoms. The second-order valence-corrected chi connectivity index (χ2v) is 3.65. The van der Waals surface area contributed by atoms with Gasteiger partial charge in [-0.1, -0.05) is 23.3 Å². The van der Waals surface area contributed by atoms with Gasteiger partial charge in [0.25, 0.3) is 0 Å². The third-order valence-corrected chi connectivity index (χ3v) is 2.88. The monoisotopic (exact) mass is 202 g/mol. The van der Waals surface area contributed by atoms with Crippen LogP contribution in [0, 0.1) is 0 Å². The maximum atomic E-state index is 8.51. The molecule has 0 bridgehead atoms. The molecule has 4 heteroatoms. The van der Waals surface area contributed by atoms with Gasteiger partial charge in [0.1, 0.15) is 0 Å². The van der Waals surface area contributed by atoms with Crippen molar-refractivity contribution >= 4 is 5.69 Å². The highest BCUT2D eigenvalue weighted by molar-refractivity contribution is 5.56. The van der Waals surface area contributed by atoms with E-state index in [0.29, 0.717) is 0 Å². The summed E-state index contributed by atoms with van der Waals surface area (Å²) in [4.78, 5) is 5.23. The first-order valence-electron chi connectivity index (χ1n) is 5.25. The lowest BCUT2D eigenvalue weighted by Gasteiger charge is -2.33. The van der Waals surface area contributed by atoms with Gasteiger partial charge in [0, 0.05) is 23.7 Å². The van der Waals surface area contributed by atoms with Crippen LogP contribution < -0.4 is 4.90 Å². The van der Waals surface area contributed by atoms with Crippen molar-refractivity contribution in [2.75, 3.05) is 18.0 Å². The molecule has 2 rings (SSSR count). The fourth-order valence-electron chi connectivity index (χ4n) is 2.12. The van der Waals surface area contributed by atoms with E-state index in [1.807, 2.05) is 12.1 Å². The van der Waals surface area contributed by atoms with Crippen LogP contribution in [0.25, 0.3) is 10.4 Å². The molecule has 0 fully saturated rings. The van der Waals surface area contributed by atoms with Gasteiger partial charge in [-0.05, 0) is 30.5 Å². The molecular weight excluding hydrogens is 188 g/mol. The largest absolute Gasteiger partial charge is 0.372 e. The molecule has 1 heterocycles. The molecule has 0 spiro atoms. The number of rotatable bonds is 2. The Morgan fingerprint density at radius 2 is 2.33 bits per heavy atom. The van der Waals surface area contributed by atoms with Crippen LogP contribution in [0.3, 0.4) is 0 Å². The molecule has 0 N–H and O–H groups in total. The summed E-state index contributed by atoms with van der Waals surface area (Å²) >= 11 is 0. The first-order chi connectivity index (χ1) is 7.36. The number of hydrogen-bond donors (Lipinski definition) is 0. The molecule has 1 aromatic rings. The van der Waals surface area contributed by atoms with E-state index in [4.69, 9.17) is 5.53 Å². The van der Waals surface area contributed by atoms with E-state index in [-0.39, 0.29) is 6.04 Å². The van der Waals surface area contributed by atoms with Crippen molar-refractivity contribution in [2.24, 2.45) is 5.11 Å². The SMILES string of the molecule is CCN1CCC(N=[N+]=[N-])c2ccccc21. The minimum absolute atomic E-state index is 0.00833. The molecule has 0 amide bonds. The Kier molecular flexibility index (Phi) is 2.79. The fraction of sp³-hybridized carbons (Fsp3) is 0.455. The summed E-state index contributed by atoms with van der Waals surface area (Å²) in [5, 5.41) is 3.85. The number of azide groups is 1. The van der Waals surface area contributed by atoms with Gasteiger partial charge >= 0.3 is 0 Å². The second kappa shape index (κ2) is 4.24. The van der Waals surface area contributed by atoms with E-state index in [1.165, 1.54) is 5.69 Å². The van der Waals surface area contributed by atoms with Crippen molar-refractivity contribution in [2.45, 2.75) is 19.4 Å². The van der Waals surface area contributed by atoms with Gasteiger partial charge < -0.3 is 4.90 Å². The van der Waals surface area contributed by atoms with Crippen molar-refractivity contribution in [1.82, 2.24) is 0 Å². The van der Waals surface area contributed by atoms with Crippen LogP contribution in [0.15, 0.2) is 29.4 Å². The Hall–Kier alpha value is -1.67. The minimum atomic E-state index is 0.00833. The summed E-state index contributed by atoms with van der Waals surface area (Å²) in [5.74, 6) is 0. The molecule has 0 radical (unpaired) electrons. The van der Waals surface area contributed by atoms with Crippen molar-refractivity contribution in [3.63, 3.8) is 0 Å². The molecule has 78 valence electrons. The van der Waals surface area contributed by atoms with Crippen molar-refractivity contribution in [3.8, 4) is 0 Å². The zero-order valence-corrected chi connectivity index (χ0v) is 8.80. The maximum Gasteiger partial charge on any atom is 0.0662 e. The van der Waals surface area contributed by atoms with E-state index in [9.17, 15) is 0 Å². The maximum absolute atomic E-state index is 8.51. The Bertz CT molecular complexity index is 395. The van der Waals surface area contributed by atoms with E-state index < -0.39 is 0 Å². The van der Waals surface area contributed by atoms with Gasteiger partial charge in [0.15, 0.2) is 0 Å². The summed E-state index contributed by atoms with van der Waals surface area (Å²) in [6.07, 6.45) is 0.912. The molecule has 0 saturated carbocycles. The predicted octanol–water partition coefficient (Wildman–Crippen LogP) is 3.27. The average Bonchev–Trinajstić information content (AvgIpc) is 2.30. The quantitative estimate of drug-likeness (QED) is 0.412.